The lowest BCUT2D eigenvalue weighted by Crippen LogP contribution is -2.27. The molecule has 2 heterocycles. The molecule has 0 spiro atoms. The average molecular weight is 274 g/mol. The summed E-state index contributed by atoms with van der Waals surface area (Å²) in [6.45, 7) is 7.69. The van der Waals surface area contributed by atoms with E-state index in [1.165, 1.54) is 11.1 Å². The van der Waals surface area contributed by atoms with Crippen LogP contribution in [0.5, 0.6) is 0 Å². The minimum atomic E-state index is 0.348. The van der Waals surface area contributed by atoms with Crippen molar-refractivity contribution in [2.75, 3.05) is 6.54 Å². The van der Waals surface area contributed by atoms with Crippen molar-refractivity contribution in [1.82, 2.24) is 10.3 Å². The van der Waals surface area contributed by atoms with Gasteiger partial charge < -0.3 is 5.32 Å². The maximum Gasteiger partial charge on any atom is 0.0450 e. The number of pyridine rings is 1. The Balaban J connectivity index is 2.25. The lowest BCUT2D eigenvalue weighted by molar-refractivity contribution is 0.459. The molecular formula is C16H22N2S. The highest BCUT2D eigenvalue weighted by atomic mass is 32.1. The Hall–Kier alpha value is -1.19. The number of thiophene rings is 1. The molecule has 0 aromatic carbocycles. The first-order valence-corrected chi connectivity index (χ1v) is 7.85. The molecule has 102 valence electrons. The number of aromatic nitrogens is 1. The van der Waals surface area contributed by atoms with E-state index < -0.39 is 0 Å². The first-order valence-electron chi connectivity index (χ1n) is 6.91. The van der Waals surface area contributed by atoms with Gasteiger partial charge in [-0.3, -0.25) is 4.98 Å². The molecule has 0 saturated carbocycles. The van der Waals surface area contributed by atoms with Gasteiger partial charge in [-0.15, -0.1) is 0 Å². The zero-order chi connectivity index (χ0) is 13.7. The van der Waals surface area contributed by atoms with Crippen LogP contribution < -0.4 is 5.32 Å². The Kier molecular flexibility index (Phi) is 5.11. The number of hydrogen-bond donors (Lipinski definition) is 1. The van der Waals surface area contributed by atoms with E-state index in [0.29, 0.717) is 12.0 Å². The van der Waals surface area contributed by atoms with E-state index in [0.717, 1.165) is 18.7 Å². The van der Waals surface area contributed by atoms with Gasteiger partial charge >= 0.3 is 0 Å². The van der Waals surface area contributed by atoms with Crippen molar-refractivity contribution in [2.45, 2.75) is 39.2 Å². The number of nitrogens with zero attached hydrogens (tertiary/aromatic N) is 1. The molecule has 2 aromatic rings. The van der Waals surface area contributed by atoms with Gasteiger partial charge in [-0.25, -0.2) is 0 Å². The zero-order valence-corrected chi connectivity index (χ0v) is 12.7. The second-order valence-corrected chi connectivity index (χ2v) is 5.73. The van der Waals surface area contributed by atoms with Crippen molar-refractivity contribution in [2.24, 2.45) is 0 Å². The topological polar surface area (TPSA) is 24.9 Å². The molecule has 0 aliphatic carbocycles. The number of nitrogens with one attached hydrogen (secondary N) is 1. The van der Waals surface area contributed by atoms with Gasteiger partial charge in [0.15, 0.2) is 0 Å². The fraction of sp³-hybridized carbons (Fsp3) is 0.438. The van der Waals surface area contributed by atoms with Gasteiger partial charge in [0.05, 0.1) is 0 Å². The van der Waals surface area contributed by atoms with Gasteiger partial charge in [-0.1, -0.05) is 19.9 Å². The Morgan fingerprint density at radius 1 is 1.32 bits per heavy atom. The van der Waals surface area contributed by atoms with Crippen LogP contribution in [0.3, 0.4) is 0 Å². The highest BCUT2D eigenvalue weighted by Crippen LogP contribution is 2.32. The smallest absolute Gasteiger partial charge is 0.0450 e. The predicted molar refractivity (Wildman–Crippen MR) is 82.7 cm³/mol. The lowest BCUT2D eigenvalue weighted by atomic mass is 9.91. The maximum absolute atomic E-state index is 4.51. The summed E-state index contributed by atoms with van der Waals surface area (Å²) in [5, 5.41) is 8.17. The molecule has 2 aromatic heterocycles. The van der Waals surface area contributed by atoms with Gasteiger partial charge in [-0.05, 0) is 53.9 Å². The number of hydrogen-bond acceptors (Lipinski definition) is 3. The summed E-state index contributed by atoms with van der Waals surface area (Å²) in [6, 6.07) is 6.50. The third-order valence-corrected chi connectivity index (χ3v) is 4.38. The second-order valence-electron chi connectivity index (χ2n) is 4.99. The van der Waals surface area contributed by atoms with E-state index in [-0.39, 0.29) is 0 Å². The van der Waals surface area contributed by atoms with Gasteiger partial charge in [-0.2, -0.15) is 11.3 Å². The second kappa shape index (κ2) is 6.83. The average Bonchev–Trinajstić information content (AvgIpc) is 2.86. The summed E-state index contributed by atoms with van der Waals surface area (Å²) in [4.78, 5) is 4.51. The van der Waals surface area contributed by atoms with Crippen LogP contribution in [-0.2, 0) is 0 Å². The zero-order valence-electron chi connectivity index (χ0n) is 11.9. The highest BCUT2D eigenvalue weighted by molar-refractivity contribution is 7.08. The van der Waals surface area contributed by atoms with Gasteiger partial charge in [0.2, 0.25) is 0 Å². The van der Waals surface area contributed by atoms with Gasteiger partial charge in [0, 0.05) is 23.9 Å². The Bertz CT molecular complexity index is 492. The quantitative estimate of drug-likeness (QED) is 0.849. The summed E-state index contributed by atoms with van der Waals surface area (Å²) in [6.07, 6.45) is 3.03. The molecule has 0 aliphatic heterocycles. The van der Waals surface area contributed by atoms with E-state index in [9.17, 15) is 0 Å². The molecule has 1 N–H and O–H groups in total. The predicted octanol–water partition coefficient (Wildman–Crippen LogP) is 4.30. The molecule has 19 heavy (non-hydrogen) atoms. The molecule has 2 rings (SSSR count). The van der Waals surface area contributed by atoms with Crippen molar-refractivity contribution >= 4 is 11.3 Å². The van der Waals surface area contributed by atoms with Crippen LogP contribution >= 0.6 is 11.3 Å². The third kappa shape index (κ3) is 3.43. The fourth-order valence-electron chi connectivity index (χ4n) is 2.36. The minimum absolute atomic E-state index is 0.348. The van der Waals surface area contributed by atoms with E-state index in [4.69, 9.17) is 0 Å². The monoisotopic (exact) mass is 274 g/mol. The van der Waals surface area contributed by atoms with E-state index in [1.807, 2.05) is 12.3 Å². The minimum Gasteiger partial charge on any atom is -0.309 e. The van der Waals surface area contributed by atoms with Crippen LogP contribution in [0.2, 0.25) is 0 Å². The van der Waals surface area contributed by atoms with Crippen molar-refractivity contribution in [3.05, 3.63) is 52.0 Å². The molecule has 2 nitrogen and oxygen atoms in total. The molecule has 3 heteroatoms. The molecule has 0 fully saturated rings. The summed E-state index contributed by atoms with van der Waals surface area (Å²) in [5.74, 6) is 0.376. The Morgan fingerprint density at radius 3 is 2.74 bits per heavy atom. The molecule has 2 unspecified atom stereocenters. The molecule has 0 aliphatic rings. The highest BCUT2D eigenvalue weighted by Gasteiger charge is 2.22. The van der Waals surface area contributed by atoms with Crippen LogP contribution in [0.1, 0.15) is 49.0 Å². The van der Waals surface area contributed by atoms with E-state index in [1.54, 1.807) is 11.3 Å². The largest absolute Gasteiger partial charge is 0.309 e. The SMILES string of the molecule is CCCNC(c1cscc1C)C(C)c1ccccn1. The molecule has 2 atom stereocenters. The first-order chi connectivity index (χ1) is 9.24. The maximum atomic E-state index is 4.51. The van der Waals surface area contributed by atoms with Gasteiger partial charge in [0.1, 0.15) is 0 Å². The van der Waals surface area contributed by atoms with Crippen LogP contribution in [-0.4, -0.2) is 11.5 Å². The number of rotatable bonds is 6. The summed E-state index contributed by atoms with van der Waals surface area (Å²) < 4.78 is 0. The van der Waals surface area contributed by atoms with E-state index >= 15 is 0 Å². The third-order valence-electron chi connectivity index (χ3n) is 3.50. The summed E-state index contributed by atoms with van der Waals surface area (Å²) in [7, 11) is 0. The van der Waals surface area contributed by atoms with Crippen molar-refractivity contribution < 1.29 is 0 Å². The van der Waals surface area contributed by atoms with Crippen LogP contribution in [0.25, 0.3) is 0 Å². The molecule has 0 bridgehead atoms. The van der Waals surface area contributed by atoms with Crippen LogP contribution in [0.15, 0.2) is 35.2 Å². The van der Waals surface area contributed by atoms with Crippen molar-refractivity contribution in [1.29, 1.82) is 0 Å². The van der Waals surface area contributed by atoms with Crippen molar-refractivity contribution in [3.63, 3.8) is 0 Å². The summed E-state index contributed by atoms with van der Waals surface area (Å²) in [5.41, 5.74) is 3.94. The molecule has 0 radical (unpaired) electrons. The molecule has 0 saturated heterocycles. The first kappa shape index (κ1) is 14.2. The van der Waals surface area contributed by atoms with Crippen molar-refractivity contribution in [3.8, 4) is 0 Å². The normalized spacial score (nSPS) is 14.3. The lowest BCUT2D eigenvalue weighted by Gasteiger charge is -2.25. The molecule has 0 amide bonds. The van der Waals surface area contributed by atoms with Crippen LogP contribution in [0.4, 0.5) is 0 Å². The summed E-state index contributed by atoms with van der Waals surface area (Å²) >= 11 is 1.78. The Labute approximate surface area is 119 Å². The van der Waals surface area contributed by atoms with Gasteiger partial charge in [0.25, 0.3) is 0 Å². The van der Waals surface area contributed by atoms with Crippen LogP contribution in [0, 0.1) is 6.92 Å². The van der Waals surface area contributed by atoms with E-state index in [2.05, 4.69) is 54.0 Å². The Morgan fingerprint density at radius 2 is 2.16 bits per heavy atom. The molecular weight excluding hydrogens is 252 g/mol. The number of aryl methyl sites for hydroxylation is 1. The fourth-order valence-corrected chi connectivity index (χ4v) is 3.25. The standard InChI is InChI=1S/C16H22N2S/c1-4-8-18-16(14-11-19-10-12(14)2)13(3)15-7-5-6-9-17-15/h5-7,9-11,13,16,18H,4,8H2,1-3H3.